The third kappa shape index (κ3) is 4.70. The van der Waals surface area contributed by atoms with Gasteiger partial charge in [0, 0.05) is 26.0 Å². The maximum Gasteiger partial charge on any atom is 0.289 e. The van der Waals surface area contributed by atoms with Crippen LogP contribution in [0.2, 0.25) is 0 Å². The van der Waals surface area contributed by atoms with Crippen molar-refractivity contribution in [2.45, 2.75) is 6.42 Å². The highest BCUT2D eigenvalue weighted by Crippen LogP contribution is 2.15. The Balaban J connectivity index is 1.75. The molecular weight excluding hydrogens is 350 g/mol. The zero-order valence-electron chi connectivity index (χ0n) is 12.1. The molecule has 0 saturated heterocycles. The van der Waals surface area contributed by atoms with E-state index in [0.717, 1.165) is 5.56 Å². The Morgan fingerprint density at radius 3 is 2.82 bits per heavy atom. The van der Waals surface area contributed by atoms with E-state index in [0.29, 0.717) is 17.6 Å². The van der Waals surface area contributed by atoms with Crippen LogP contribution in [-0.4, -0.2) is 41.8 Å². The number of carbonyl (C=O) groups is 2. The Hall–Kier alpha value is -2.15. The predicted octanol–water partition coefficient (Wildman–Crippen LogP) is 1.87. The van der Waals surface area contributed by atoms with Crippen LogP contribution in [0.3, 0.4) is 0 Å². The molecule has 1 N–H and O–H groups in total. The summed E-state index contributed by atoms with van der Waals surface area (Å²) in [6.45, 7) is 0.475. The summed E-state index contributed by atoms with van der Waals surface area (Å²) < 4.78 is 5.65. The van der Waals surface area contributed by atoms with Crippen LogP contribution < -0.4 is 5.32 Å². The van der Waals surface area contributed by atoms with Crippen molar-refractivity contribution in [2.75, 3.05) is 20.1 Å². The lowest BCUT2D eigenvalue weighted by Gasteiger charge is -2.15. The minimum atomic E-state index is -0.340. The summed E-state index contributed by atoms with van der Waals surface area (Å²) in [6.07, 6.45) is 4.16. The Kier molecular flexibility index (Phi) is 5.71. The molecule has 0 aliphatic carbocycles. The second-order valence-electron chi connectivity index (χ2n) is 4.73. The summed E-state index contributed by atoms with van der Waals surface area (Å²) in [5.41, 5.74) is 1.05. The first-order valence-electron chi connectivity index (χ1n) is 6.72. The molecule has 2 aromatic heterocycles. The molecule has 0 aromatic carbocycles. The van der Waals surface area contributed by atoms with Gasteiger partial charge in [-0.25, -0.2) is 0 Å². The molecule has 0 radical (unpaired) electrons. The van der Waals surface area contributed by atoms with E-state index in [9.17, 15) is 9.59 Å². The van der Waals surface area contributed by atoms with E-state index < -0.39 is 0 Å². The van der Waals surface area contributed by atoms with Crippen LogP contribution >= 0.6 is 15.9 Å². The number of nitrogens with one attached hydrogen (secondary N) is 1. The van der Waals surface area contributed by atoms with E-state index in [2.05, 4.69) is 26.2 Å². The minimum absolute atomic E-state index is 0.0236. The molecule has 7 heteroatoms. The second-order valence-corrected chi connectivity index (χ2v) is 5.51. The molecule has 22 heavy (non-hydrogen) atoms. The molecule has 116 valence electrons. The number of hydrogen-bond acceptors (Lipinski definition) is 4. The average Bonchev–Trinajstić information content (AvgIpc) is 2.94. The quantitative estimate of drug-likeness (QED) is 0.847. The molecule has 2 rings (SSSR count). The Labute approximate surface area is 136 Å². The fourth-order valence-corrected chi connectivity index (χ4v) is 2.16. The fourth-order valence-electron chi connectivity index (χ4n) is 1.85. The molecule has 2 heterocycles. The molecule has 0 aliphatic heterocycles. The van der Waals surface area contributed by atoms with Gasteiger partial charge in [0.25, 0.3) is 5.91 Å². The highest BCUT2D eigenvalue weighted by atomic mass is 79.9. The standard InChI is InChI=1S/C15H16BrN3O3/c1-19(15(21)12-4-5-13(16)22-12)10-14(20)18-8-6-11-3-2-7-17-9-11/h2-5,7,9H,6,8,10H2,1H3,(H,18,20). The Morgan fingerprint density at radius 2 is 2.18 bits per heavy atom. The van der Waals surface area contributed by atoms with Crippen LogP contribution in [0.4, 0.5) is 0 Å². The highest BCUT2D eigenvalue weighted by Gasteiger charge is 2.17. The number of pyridine rings is 1. The summed E-state index contributed by atoms with van der Waals surface area (Å²) in [5, 5.41) is 2.77. The topological polar surface area (TPSA) is 75.4 Å². The summed E-state index contributed by atoms with van der Waals surface area (Å²) in [5.74, 6) is -0.365. The van der Waals surface area contributed by atoms with Crippen molar-refractivity contribution in [1.82, 2.24) is 15.2 Å². The van der Waals surface area contributed by atoms with E-state index in [1.54, 1.807) is 31.6 Å². The summed E-state index contributed by atoms with van der Waals surface area (Å²) in [7, 11) is 1.56. The maximum absolute atomic E-state index is 12.0. The van der Waals surface area contributed by atoms with E-state index in [1.165, 1.54) is 4.90 Å². The predicted molar refractivity (Wildman–Crippen MR) is 84.3 cm³/mol. The van der Waals surface area contributed by atoms with E-state index in [1.807, 2.05) is 12.1 Å². The monoisotopic (exact) mass is 365 g/mol. The van der Waals surface area contributed by atoms with Crippen LogP contribution in [0.25, 0.3) is 0 Å². The SMILES string of the molecule is CN(CC(=O)NCCc1cccnc1)C(=O)c1ccc(Br)o1. The maximum atomic E-state index is 12.0. The van der Waals surface area contributed by atoms with Gasteiger partial charge in [-0.15, -0.1) is 0 Å². The van der Waals surface area contributed by atoms with Gasteiger partial charge in [-0.3, -0.25) is 14.6 Å². The largest absolute Gasteiger partial charge is 0.444 e. The Morgan fingerprint density at radius 1 is 1.36 bits per heavy atom. The van der Waals surface area contributed by atoms with Crippen LogP contribution in [0, 0.1) is 0 Å². The number of halogens is 1. The number of carbonyl (C=O) groups excluding carboxylic acids is 2. The van der Waals surface area contributed by atoms with Gasteiger partial charge in [0.1, 0.15) is 0 Å². The van der Waals surface area contributed by atoms with Crippen LogP contribution in [0.1, 0.15) is 16.1 Å². The normalized spacial score (nSPS) is 10.3. The van der Waals surface area contributed by atoms with Gasteiger partial charge in [0.05, 0.1) is 6.54 Å². The highest BCUT2D eigenvalue weighted by molar-refractivity contribution is 9.10. The molecule has 0 bridgehead atoms. The molecule has 6 nitrogen and oxygen atoms in total. The second kappa shape index (κ2) is 7.74. The van der Waals surface area contributed by atoms with Crippen LogP contribution in [0.15, 0.2) is 45.7 Å². The van der Waals surface area contributed by atoms with Gasteiger partial charge in [0.15, 0.2) is 10.4 Å². The zero-order valence-corrected chi connectivity index (χ0v) is 13.7. The zero-order chi connectivity index (χ0) is 15.9. The van der Waals surface area contributed by atoms with E-state index in [-0.39, 0.29) is 24.1 Å². The lowest BCUT2D eigenvalue weighted by Crippen LogP contribution is -2.38. The summed E-state index contributed by atoms with van der Waals surface area (Å²) in [4.78, 5) is 29.2. The summed E-state index contributed by atoms with van der Waals surface area (Å²) in [6, 6.07) is 6.99. The molecule has 2 aromatic rings. The number of rotatable bonds is 6. The van der Waals surface area contributed by atoms with Crippen molar-refractivity contribution in [2.24, 2.45) is 0 Å². The third-order valence-electron chi connectivity index (χ3n) is 2.97. The molecule has 2 amide bonds. The first-order chi connectivity index (χ1) is 10.6. The van der Waals surface area contributed by atoms with Gasteiger partial charge in [0.2, 0.25) is 5.91 Å². The van der Waals surface area contributed by atoms with Gasteiger partial charge in [-0.1, -0.05) is 6.07 Å². The molecule has 0 atom stereocenters. The minimum Gasteiger partial charge on any atom is -0.444 e. The molecule has 0 aliphatic rings. The van der Waals surface area contributed by atoms with Crippen LogP contribution in [0.5, 0.6) is 0 Å². The molecule has 0 unspecified atom stereocenters. The average molecular weight is 366 g/mol. The number of hydrogen-bond donors (Lipinski definition) is 1. The van der Waals surface area contributed by atoms with E-state index >= 15 is 0 Å². The van der Waals surface area contributed by atoms with Crippen molar-refractivity contribution in [3.8, 4) is 0 Å². The lowest BCUT2D eigenvalue weighted by atomic mass is 10.2. The fraction of sp³-hybridized carbons (Fsp3) is 0.267. The molecule has 0 saturated carbocycles. The molecule has 0 fully saturated rings. The Bertz CT molecular complexity index is 642. The summed E-state index contributed by atoms with van der Waals surface area (Å²) >= 11 is 3.14. The van der Waals surface area contributed by atoms with Gasteiger partial charge in [-0.2, -0.15) is 0 Å². The number of furan rings is 1. The molecular formula is C15H16BrN3O3. The lowest BCUT2D eigenvalue weighted by molar-refractivity contribution is -0.121. The van der Waals surface area contributed by atoms with Crippen molar-refractivity contribution in [3.63, 3.8) is 0 Å². The number of nitrogens with zero attached hydrogens (tertiary/aromatic N) is 2. The van der Waals surface area contributed by atoms with Crippen molar-refractivity contribution < 1.29 is 14.0 Å². The van der Waals surface area contributed by atoms with Gasteiger partial charge >= 0.3 is 0 Å². The van der Waals surface area contributed by atoms with Crippen molar-refractivity contribution in [1.29, 1.82) is 0 Å². The smallest absolute Gasteiger partial charge is 0.289 e. The number of likely N-dealkylation sites (N-methyl/N-ethyl adjacent to an activating group) is 1. The van der Waals surface area contributed by atoms with Gasteiger partial charge < -0.3 is 14.6 Å². The van der Waals surface area contributed by atoms with Gasteiger partial charge in [-0.05, 0) is 46.1 Å². The first kappa shape index (κ1) is 16.2. The number of aromatic nitrogens is 1. The van der Waals surface area contributed by atoms with Crippen molar-refractivity contribution in [3.05, 3.63) is 52.7 Å². The van der Waals surface area contributed by atoms with Crippen molar-refractivity contribution >= 4 is 27.7 Å². The first-order valence-corrected chi connectivity index (χ1v) is 7.52. The molecule has 0 spiro atoms. The third-order valence-corrected chi connectivity index (χ3v) is 3.40. The van der Waals surface area contributed by atoms with E-state index in [4.69, 9.17) is 4.42 Å². The number of amides is 2. The van der Waals surface area contributed by atoms with Crippen LogP contribution in [-0.2, 0) is 11.2 Å².